The first-order chi connectivity index (χ1) is 14.5. The van der Waals surface area contributed by atoms with Gasteiger partial charge in [0.2, 0.25) is 0 Å². The van der Waals surface area contributed by atoms with Gasteiger partial charge in [0, 0.05) is 10.6 Å². The molecule has 1 atom stereocenters. The largest absolute Gasteiger partial charge is 0.452 e. The van der Waals surface area contributed by atoms with Crippen molar-refractivity contribution >= 4 is 23.5 Å². The highest BCUT2D eigenvalue weighted by Gasteiger charge is 2.24. The Labute approximate surface area is 179 Å². The van der Waals surface area contributed by atoms with Crippen molar-refractivity contribution in [3.63, 3.8) is 0 Å². The first kappa shape index (κ1) is 21.5. The number of ether oxygens (including phenoxy) is 1. The molecule has 154 valence electrons. The van der Waals surface area contributed by atoms with Crippen molar-refractivity contribution in [2.45, 2.75) is 25.5 Å². The van der Waals surface area contributed by atoms with Gasteiger partial charge in [-0.1, -0.05) is 78.3 Å². The zero-order valence-electron chi connectivity index (χ0n) is 16.3. The third kappa shape index (κ3) is 5.45. The molecule has 30 heavy (non-hydrogen) atoms. The number of rotatable bonds is 7. The fourth-order valence-electron chi connectivity index (χ4n) is 3.05. The number of amides is 1. The van der Waals surface area contributed by atoms with Crippen LogP contribution in [0.1, 0.15) is 29.7 Å². The van der Waals surface area contributed by atoms with E-state index in [4.69, 9.17) is 16.3 Å². The van der Waals surface area contributed by atoms with Crippen molar-refractivity contribution < 1.29 is 18.7 Å². The summed E-state index contributed by atoms with van der Waals surface area (Å²) in [4.78, 5) is 25.0. The summed E-state index contributed by atoms with van der Waals surface area (Å²) in [6.07, 6.45) is -1.41. The maximum absolute atomic E-state index is 13.9. The molecule has 0 saturated heterocycles. The summed E-state index contributed by atoms with van der Waals surface area (Å²) in [6.45, 7) is 1.48. The van der Waals surface area contributed by atoms with Crippen molar-refractivity contribution in [2.24, 2.45) is 0 Å². The van der Waals surface area contributed by atoms with Crippen molar-refractivity contribution in [3.8, 4) is 0 Å². The highest BCUT2D eigenvalue weighted by atomic mass is 35.5. The van der Waals surface area contributed by atoms with Gasteiger partial charge in [0.15, 0.2) is 6.10 Å². The Morgan fingerprint density at radius 2 is 1.50 bits per heavy atom. The van der Waals surface area contributed by atoms with Crippen LogP contribution in [-0.4, -0.2) is 18.0 Å². The third-order valence-electron chi connectivity index (χ3n) is 4.61. The lowest BCUT2D eigenvalue weighted by molar-refractivity contribution is -0.154. The summed E-state index contributed by atoms with van der Waals surface area (Å²) in [6, 6.07) is 22.8. The van der Waals surface area contributed by atoms with Gasteiger partial charge in [-0.25, -0.2) is 4.39 Å². The van der Waals surface area contributed by atoms with Crippen molar-refractivity contribution in [3.05, 3.63) is 106 Å². The number of benzene rings is 3. The predicted octanol–water partition coefficient (Wildman–Crippen LogP) is 4.86. The maximum Gasteiger partial charge on any atom is 0.311 e. The molecule has 3 aromatic carbocycles. The Bertz CT molecular complexity index is 952. The van der Waals surface area contributed by atoms with Gasteiger partial charge in [0.05, 0.1) is 12.5 Å². The summed E-state index contributed by atoms with van der Waals surface area (Å²) in [7, 11) is 0. The summed E-state index contributed by atoms with van der Waals surface area (Å²) in [5.41, 5.74) is 1.84. The minimum absolute atomic E-state index is 0.0447. The number of nitrogens with one attached hydrogen (secondary N) is 1. The van der Waals surface area contributed by atoms with Crippen LogP contribution in [0.2, 0.25) is 5.02 Å². The van der Waals surface area contributed by atoms with Gasteiger partial charge in [0.25, 0.3) is 5.91 Å². The lowest BCUT2D eigenvalue weighted by Crippen LogP contribution is -2.38. The van der Waals surface area contributed by atoms with Crippen molar-refractivity contribution in [1.29, 1.82) is 0 Å². The summed E-state index contributed by atoms with van der Waals surface area (Å²) >= 11 is 5.95. The molecular weight excluding hydrogens is 405 g/mol. The standard InChI is InChI=1S/C24H21ClFNO3/c1-16(30-22(28)15-19-20(25)13-8-14-21(19)26)24(29)27-23(17-9-4-2-5-10-17)18-11-6-3-7-12-18/h2-14,16,23H,15H2,1H3,(H,27,29). The van der Waals surface area contributed by atoms with Gasteiger partial charge in [-0.15, -0.1) is 0 Å². The molecule has 3 aromatic rings. The summed E-state index contributed by atoms with van der Waals surface area (Å²) in [5, 5.41) is 3.06. The molecule has 0 aliphatic heterocycles. The smallest absolute Gasteiger partial charge is 0.311 e. The molecule has 0 fully saturated rings. The Kier molecular flexibility index (Phi) is 7.20. The first-order valence-corrected chi connectivity index (χ1v) is 9.86. The minimum Gasteiger partial charge on any atom is -0.452 e. The fourth-order valence-corrected chi connectivity index (χ4v) is 3.28. The van der Waals surface area contributed by atoms with E-state index in [9.17, 15) is 14.0 Å². The zero-order valence-corrected chi connectivity index (χ0v) is 17.1. The highest BCUT2D eigenvalue weighted by Crippen LogP contribution is 2.23. The molecule has 1 N–H and O–H groups in total. The zero-order chi connectivity index (χ0) is 21.5. The second-order valence-electron chi connectivity index (χ2n) is 6.77. The van der Waals surface area contributed by atoms with Gasteiger partial charge in [-0.3, -0.25) is 9.59 Å². The molecule has 0 aliphatic carbocycles. The summed E-state index contributed by atoms with van der Waals surface area (Å²) in [5.74, 6) is -1.79. The van der Waals surface area contributed by atoms with Crippen LogP contribution in [0.25, 0.3) is 0 Å². The van der Waals surface area contributed by atoms with Crippen LogP contribution in [0.15, 0.2) is 78.9 Å². The SMILES string of the molecule is CC(OC(=O)Cc1c(F)cccc1Cl)C(=O)NC(c1ccccc1)c1ccccc1. The molecule has 3 rings (SSSR count). The molecule has 0 saturated carbocycles. The lowest BCUT2D eigenvalue weighted by atomic mass is 9.98. The molecule has 0 aliphatic rings. The number of carbonyl (C=O) groups excluding carboxylic acids is 2. The van der Waals surface area contributed by atoms with E-state index in [-0.39, 0.29) is 17.0 Å². The average molecular weight is 426 g/mol. The van der Waals surface area contributed by atoms with E-state index < -0.39 is 29.8 Å². The van der Waals surface area contributed by atoms with Gasteiger partial charge < -0.3 is 10.1 Å². The molecule has 0 spiro atoms. The Morgan fingerprint density at radius 1 is 0.933 bits per heavy atom. The molecule has 1 amide bonds. The predicted molar refractivity (Wildman–Crippen MR) is 114 cm³/mol. The number of carbonyl (C=O) groups is 2. The molecule has 6 heteroatoms. The first-order valence-electron chi connectivity index (χ1n) is 9.48. The van der Waals surface area contributed by atoms with Crippen molar-refractivity contribution in [2.75, 3.05) is 0 Å². The second kappa shape index (κ2) is 10.0. The van der Waals surface area contributed by atoms with Crippen LogP contribution < -0.4 is 5.32 Å². The van der Waals surface area contributed by atoms with E-state index in [0.29, 0.717) is 0 Å². The van der Waals surface area contributed by atoms with E-state index in [1.54, 1.807) is 0 Å². The topological polar surface area (TPSA) is 55.4 Å². The number of halogens is 2. The van der Waals surface area contributed by atoms with Crippen LogP contribution in [-0.2, 0) is 20.7 Å². The molecule has 4 nitrogen and oxygen atoms in total. The Morgan fingerprint density at radius 3 is 2.03 bits per heavy atom. The third-order valence-corrected chi connectivity index (χ3v) is 4.97. The summed E-state index contributed by atoms with van der Waals surface area (Å²) < 4.78 is 19.1. The van der Waals surface area contributed by atoms with E-state index in [1.807, 2.05) is 60.7 Å². The van der Waals surface area contributed by atoms with Gasteiger partial charge >= 0.3 is 5.97 Å². The van der Waals surface area contributed by atoms with Crippen LogP contribution in [0.4, 0.5) is 4.39 Å². The maximum atomic E-state index is 13.9. The minimum atomic E-state index is -1.06. The lowest BCUT2D eigenvalue weighted by Gasteiger charge is -2.22. The van der Waals surface area contributed by atoms with E-state index in [2.05, 4.69) is 5.32 Å². The van der Waals surface area contributed by atoms with Crippen LogP contribution >= 0.6 is 11.6 Å². The fraction of sp³-hybridized carbons (Fsp3) is 0.167. The molecule has 0 heterocycles. The van der Waals surface area contributed by atoms with Crippen molar-refractivity contribution in [1.82, 2.24) is 5.32 Å². The van der Waals surface area contributed by atoms with Gasteiger partial charge in [-0.05, 0) is 30.2 Å². The normalized spacial score (nSPS) is 11.7. The molecule has 1 unspecified atom stereocenters. The molecule has 0 aromatic heterocycles. The van der Waals surface area contributed by atoms with Crippen LogP contribution in [0, 0.1) is 5.82 Å². The van der Waals surface area contributed by atoms with E-state index in [1.165, 1.54) is 25.1 Å². The number of hydrogen-bond donors (Lipinski definition) is 1. The van der Waals surface area contributed by atoms with E-state index >= 15 is 0 Å². The average Bonchev–Trinajstić information content (AvgIpc) is 2.75. The number of hydrogen-bond acceptors (Lipinski definition) is 3. The Balaban J connectivity index is 1.69. The van der Waals surface area contributed by atoms with Crippen LogP contribution in [0.5, 0.6) is 0 Å². The monoisotopic (exact) mass is 425 g/mol. The number of esters is 1. The van der Waals surface area contributed by atoms with Gasteiger partial charge in [-0.2, -0.15) is 0 Å². The highest BCUT2D eigenvalue weighted by molar-refractivity contribution is 6.31. The van der Waals surface area contributed by atoms with Crippen LogP contribution in [0.3, 0.4) is 0 Å². The molecule has 0 bridgehead atoms. The van der Waals surface area contributed by atoms with E-state index in [0.717, 1.165) is 11.1 Å². The quantitative estimate of drug-likeness (QED) is 0.550. The Hall–Kier alpha value is -3.18. The molecular formula is C24H21ClFNO3. The second-order valence-corrected chi connectivity index (χ2v) is 7.18. The van der Waals surface area contributed by atoms with Gasteiger partial charge in [0.1, 0.15) is 5.82 Å². The molecule has 0 radical (unpaired) electrons.